The molecule has 0 radical (unpaired) electrons. The molecule has 2 aromatic heterocycles. The smallest absolute Gasteiger partial charge is 0.387 e. The average Bonchev–Trinajstić information content (AvgIpc) is 3.05. The Bertz CT molecular complexity index is 842. The first-order valence-corrected chi connectivity index (χ1v) is 7.58. The molecule has 3 aromatic rings. The van der Waals surface area contributed by atoms with Gasteiger partial charge in [-0.25, -0.2) is 4.98 Å². The lowest BCUT2D eigenvalue weighted by Crippen LogP contribution is -2.12. The Morgan fingerprint density at radius 1 is 1.29 bits per heavy atom. The number of halogens is 2. The van der Waals surface area contributed by atoms with Gasteiger partial charge >= 0.3 is 6.61 Å². The molecule has 0 atom stereocenters. The first kappa shape index (κ1) is 15.9. The number of ether oxygens (including phenoxy) is 1. The summed E-state index contributed by atoms with van der Waals surface area (Å²) in [5.74, 6) is -0.503. The van der Waals surface area contributed by atoms with E-state index in [4.69, 9.17) is 0 Å². The summed E-state index contributed by atoms with van der Waals surface area (Å²) in [6.07, 6.45) is 4.62. The molecule has 1 aromatic carbocycles. The van der Waals surface area contributed by atoms with Gasteiger partial charge in [-0.1, -0.05) is 6.07 Å². The molecule has 0 saturated heterocycles. The topological polar surface area (TPSA) is 77.0 Å². The number of nitrogens with zero attached hydrogens (tertiary/aromatic N) is 3. The molecule has 9 heteroatoms. The summed E-state index contributed by atoms with van der Waals surface area (Å²) >= 11 is 1.25. The Balaban J connectivity index is 1.73. The number of anilines is 1. The van der Waals surface area contributed by atoms with Crippen LogP contribution in [-0.4, -0.2) is 27.5 Å². The SMILES string of the molecule is O=C(Nc1cccc(OC(F)F)c1)c1csc(-c2cnccn2)n1. The zero-order chi connectivity index (χ0) is 16.9. The minimum Gasteiger partial charge on any atom is -0.435 e. The third-order valence-corrected chi connectivity index (χ3v) is 3.70. The minimum atomic E-state index is -2.93. The number of alkyl halides is 2. The molecule has 2 heterocycles. The summed E-state index contributed by atoms with van der Waals surface area (Å²) in [6, 6.07) is 5.74. The van der Waals surface area contributed by atoms with E-state index in [0.717, 1.165) is 0 Å². The predicted molar refractivity (Wildman–Crippen MR) is 84.2 cm³/mol. The largest absolute Gasteiger partial charge is 0.435 e. The van der Waals surface area contributed by atoms with Gasteiger partial charge in [0.25, 0.3) is 5.91 Å². The summed E-state index contributed by atoms with van der Waals surface area (Å²) in [5.41, 5.74) is 1.09. The third-order valence-electron chi connectivity index (χ3n) is 2.84. The summed E-state index contributed by atoms with van der Waals surface area (Å²) in [7, 11) is 0. The van der Waals surface area contributed by atoms with Gasteiger partial charge in [-0.2, -0.15) is 8.78 Å². The fourth-order valence-electron chi connectivity index (χ4n) is 1.85. The van der Waals surface area contributed by atoms with E-state index in [0.29, 0.717) is 16.4 Å². The van der Waals surface area contributed by atoms with Gasteiger partial charge in [-0.3, -0.25) is 14.8 Å². The molecule has 0 fully saturated rings. The standard InChI is InChI=1S/C15H10F2N4O2S/c16-15(17)23-10-3-1-2-9(6-10)20-13(22)12-8-24-14(21-12)11-7-18-4-5-19-11/h1-8,15H,(H,20,22). The Labute approximate surface area is 139 Å². The first-order valence-electron chi connectivity index (χ1n) is 6.70. The van der Waals surface area contributed by atoms with E-state index in [1.54, 1.807) is 23.8 Å². The van der Waals surface area contributed by atoms with Crippen molar-refractivity contribution in [3.63, 3.8) is 0 Å². The fourth-order valence-corrected chi connectivity index (χ4v) is 2.61. The highest BCUT2D eigenvalue weighted by molar-refractivity contribution is 7.13. The molecule has 0 spiro atoms. The normalized spacial score (nSPS) is 10.6. The maximum absolute atomic E-state index is 12.2. The summed E-state index contributed by atoms with van der Waals surface area (Å²) in [6.45, 7) is -2.93. The van der Waals surface area contributed by atoms with Crippen LogP contribution in [0.3, 0.4) is 0 Å². The molecule has 0 bridgehead atoms. The Morgan fingerprint density at radius 3 is 2.92 bits per heavy atom. The fraction of sp³-hybridized carbons (Fsp3) is 0.0667. The van der Waals surface area contributed by atoms with Crippen molar-refractivity contribution < 1.29 is 18.3 Å². The van der Waals surface area contributed by atoms with Gasteiger partial charge in [0.1, 0.15) is 22.1 Å². The van der Waals surface area contributed by atoms with E-state index in [-0.39, 0.29) is 11.4 Å². The molecular formula is C15H10F2N4O2S. The zero-order valence-corrected chi connectivity index (χ0v) is 12.8. The van der Waals surface area contributed by atoms with Crippen LogP contribution >= 0.6 is 11.3 Å². The average molecular weight is 348 g/mol. The van der Waals surface area contributed by atoms with Gasteiger partial charge in [0.05, 0.1) is 6.20 Å². The molecule has 1 N–H and O–H groups in total. The van der Waals surface area contributed by atoms with Gasteiger partial charge in [-0.05, 0) is 12.1 Å². The maximum atomic E-state index is 12.2. The van der Waals surface area contributed by atoms with Crippen LogP contribution in [0.25, 0.3) is 10.7 Å². The summed E-state index contributed by atoms with van der Waals surface area (Å²) in [4.78, 5) is 24.5. The zero-order valence-electron chi connectivity index (χ0n) is 12.0. The van der Waals surface area contributed by atoms with E-state index >= 15 is 0 Å². The van der Waals surface area contributed by atoms with E-state index in [9.17, 15) is 13.6 Å². The van der Waals surface area contributed by atoms with Crippen LogP contribution in [0.2, 0.25) is 0 Å². The molecule has 1 amide bonds. The number of aromatic nitrogens is 3. The Hall–Kier alpha value is -2.94. The summed E-state index contributed by atoms with van der Waals surface area (Å²) < 4.78 is 28.7. The minimum absolute atomic E-state index is 0.0404. The number of hydrogen-bond donors (Lipinski definition) is 1. The van der Waals surface area contributed by atoms with Crippen LogP contribution in [0.15, 0.2) is 48.2 Å². The molecule has 6 nitrogen and oxygen atoms in total. The van der Waals surface area contributed by atoms with Gasteiger partial charge in [0, 0.05) is 29.5 Å². The lowest BCUT2D eigenvalue weighted by atomic mass is 10.3. The van der Waals surface area contributed by atoms with Crippen LogP contribution in [-0.2, 0) is 0 Å². The van der Waals surface area contributed by atoms with E-state index in [1.165, 1.54) is 35.7 Å². The third kappa shape index (κ3) is 3.87. The Morgan fingerprint density at radius 2 is 2.17 bits per heavy atom. The maximum Gasteiger partial charge on any atom is 0.387 e. The Kier molecular flexibility index (Phi) is 4.71. The van der Waals surface area contributed by atoms with Crippen molar-refractivity contribution in [3.05, 3.63) is 53.9 Å². The van der Waals surface area contributed by atoms with Crippen molar-refractivity contribution in [3.8, 4) is 16.5 Å². The molecule has 0 saturated carbocycles. The number of hydrogen-bond acceptors (Lipinski definition) is 6. The van der Waals surface area contributed by atoms with Crippen LogP contribution in [0.5, 0.6) is 5.75 Å². The molecule has 0 aliphatic carbocycles. The lowest BCUT2D eigenvalue weighted by molar-refractivity contribution is -0.0497. The van der Waals surface area contributed by atoms with Gasteiger partial charge in [0.15, 0.2) is 0 Å². The van der Waals surface area contributed by atoms with Crippen molar-refractivity contribution in [1.29, 1.82) is 0 Å². The van der Waals surface area contributed by atoms with Crippen molar-refractivity contribution in [1.82, 2.24) is 15.0 Å². The monoisotopic (exact) mass is 348 g/mol. The van der Waals surface area contributed by atoms with Crippen molar-refractivity contribution in [2.75, 3.05) is 5.32 Å². The molecule has 122 valence electrons. The number of carbonyl (C=O) groups excluding carboxylic acids is 1. The molecule has 0 aliphatic heterocycles. The van der Waals surface area contributed by atoms with Crippen LogP contribution < -0.4 is 10.1 Å². The molecular weight excluding hydrogens is 338 g/mol. The second-order valence-electron chi connectivity index (χ2n) is 4.49. The number of benzene rings is 1. The molecule has 3 rings (SSSR count). The van der Waals surface area contributed by atoms with Crippen LogP contribution in [0.1, 0.15) is 10.5 Å². The molecule has 0 unspecified atom stereocenters. The molecule has 0 aliphatic rings. The van der Waals surface area contributed by atoms with Crippen LogP contribution in [0.4, 0.5) is 14.5 Å². The first-order chi connectivity index (χ1) is 11.6. The van der Waals surface area contributed by atoms with Gasteiger partial charge in [0.2, 0.25) is 0 Å². The van der Waals surface area contributed by atoms with Crippen LogP contribution in [0, 0.1) is 0 Å². The van der Waals surface area contributed by atoms with Crippen molar-refractivity contribution in [2.24, 2.45) is 0 Å². The highest BCUT2D eigenvalue weighted by Crippen LogP contribution is 2.23. The van der Waals surface area contributed by atoms with E-state index in [1.807, 2.05) is 0 Å². The number of rotatable bonds is 5. The van der Waals surface area contributed by atoms with E-state index < -0.39 is 12.5 Å². The van der Waals surface area contributed by atoms with Crippen molar-refractivity contribution >= 4 is 22.9 Å². The highest BCUT2D eigenvalue weighted by atomic mass is 32.1. The van der Waals surface area contributed by atoms with E-state index in [2.05, 4.69) is 25.0 Å². The number of nitrogens with one attached hydrogen (secondary N) is 1. The summed E-state index contributed by atoms with van der Waals surface area (Å²) in [5, 5.41) is 4.72. The lowest BCUT2D eigenvalue weighted by Gasteiger charge is -2.07. The quantitative estimate of drug-likeness (QED) is 0.764. The highest BCUT2D eigenvalue weighted by Gasteiger charge is 2.13. The number of thiazole rings is 1. The van der Waals surface area contributed by atoms with Gasteiger partial charge < -0.3 is 10.1 Å². The van der Waals surface area contributed by atoms with Crippen molar-refractivity contribution in [2.45, 2.75) is 6.61 Å². The predicted octanol–water partition coefficient (Wildman–Crippen LogP) is 3.45. The second-order valence-corrected chi connectivity index (χ2v) is 5.35. The second kappa shape index (κ2) is 7.09. The number of carbonyl (C=O) groups is 1. The molecule has 24 heavy (non-hydrogen) atoms. The number of amides is 1. The van der Waals surface area contributed by atoms with Gasteiger partial charge in [-0.15, -0.1) is 11.3 Å².